The number of hydrogen-bond acceptors (Lipinski definition) is 5. The van der Waals surface area contributed by atoms with Gasteiger partial charge >= 0.3 is 6.09 Å². The van der Waals surface area contributed by atoms with Gasteiger partial charge < -0.3 is 15.0 Å². The van der Waals surface area contributed by atoms with E-state index in [1.54, 1.807) is 18.0 Å². The van der Waals surface area contributed by atoms with Crippen LogP contribution in [0.1, 0.15) is 56.4 Å². The molecule has 0 spiro atoms. The van der Waals surface area contributed by atoms with Gasteiger partial charge in [-0.25, -0.2) is 4.79 Å². The van der Waals surface area contributed by atoms with Crippen molar-refractivity contribution >= 4 is 35.1 Å². The molecule has 2 aliphatic carbocycles. The van der Waals surface area contributed by atoms with Gasteiger partial charge in [-0.15, -0.1) is 0 Å². The molecule has 4 fully saturated rings. The van der Waals surface area contributed by atoms with E-state index in [4.69, 9.17) is 27.9 Å². The van der Waals surface area contributed by atoms with Crippen LogP contribution in [-0.4, -0.2) is 73.6 Å². The smallest absolute Gasteiger partial charge is 0.410 e. The van der Waals surface area contributed by atoms with Crippen LogP contribution in [0.5, 0.6) is 0 Å². The van der Waals surface area contributed by atoms with Gasteiger partial charge in [0.1, 0.15) is 5.54 Å². The highest BCUT2D eigenvalue weighted by molar-refractivity contribution is 6.42. The summed E-state index contributed by atoms with van der Waals surface area (Å²) in [5, 5.41) is 4.36. The first-order valence-electron chi connectivity index (χ1n) is 13.2. The van der Waals surface area contributed by atoms with Gasteiger partial charge in [-0.1, -0.05) is 42.1 Å². The summed E-state index contributed by atoms with van der Waals surface area (Å²) < 4.78 is 5.68. The molecule has 8 heteroatoms. The van der Waals surface area contributed by atoms with Gasteiger partial charge in [-0.3, -0.25) is 9.69 Å². The molecule has 1 amide bonds. The van der Waals surface area contributed by atoms with E-state index in [0.717, 1.165) is 50.4 Å². The number of nitrogens with zero attached hydrogens (tertiary/aromatic N) is 2. The van der Waals surface area contributed by atoms with Crippen LogP contribution in [0.4, 0.5) is 4.79 Å². The number of nitrogens with one attached hydrogen (secondary N) is 1. The van der Waals surface area contributed by atoms with E-state index < -0.39 is 11.6 Å². The fourth-order valence-electron chi connectivity index (χ4n) is 5.97. The van der Waals surface area contributed by atoms with Crippen LogP contribution in [0.25, 0.3) is 0 Å². The number of likely N-dealkylation sites (N-methyl/N-ethyl adjacent to an activating group) is 1. The number of amides is 1. The van der Waals surface area contributed by atoms with E-state index in [0.29, 0.717) is 35.7 Å². The second-order valence-electron chi connectivity index (χ2n) is 11.1. The molecule has 0 radical (unpaired) electrons. The van der Waals surface area contributed by atoms with Crippen molar-refractivity contribution in [3.63, 3.8) is 0 Å². The molecule has 1 N–H and O–H groups in total. The molecule has 2 saturated carbocycles. The highest BCUT2D eigenvalue weighted by Crippen LogP contribution is 2.42. The number of ether oxygens (including phenoxy) is 1. The van der Waals surface area contributed by atoms with Crippen LogP contribution < -0.4 is 5.32 Å². The van der Waals surface area contributed by atoms with Gasteiger partial charge in [0.15, 0.2) is 5.78 Å². The Morgan fingerprint density at radius 1 is 1.09 bits per heavy atom. The number of piperidine rings is 1. The summed E-state index contributed by atoms with van der Waals surface area (Å²) in [7, 11) is 1.73. The standard InChI is InChI=1S/C27H37Cl2N3O3/c1-31(26(34)35-13-10-18-2-3-18)27(17-30-15-22(27)21-6-7-23(28)24(29)14-21)25(33)20-8-11-32(12-9-20)16-19-4-5-19/h6-7,14,18-20,22,30H,2-5,8-13,15-17H2,1H3/t22-,27+/m0/s1. The number of rotatable bonds is 9. The van der Waals surface area contributed by atoms with Crippen LogP contribution in [-0.2, 0) is 9.53 Å². The molecule has 192 valence electrons. The number of carbonyl (C=O) groups excluding carboxylic acids is 2. The van der Waals surface area contributed by atoms with Crippen molar-refractivity contribution in [3.8, 4) is 0 Å². The Morgan fingerprint density at radius 3 is 2.46 bits per heavy atom. The predicted molar refractivity (Wildman–Crippen MR) is 138 cm³/mol. The third-order valence-electron chi connectivity index (χ3n) is 8.58. The van der Waals surface area contributed by atoms with Gasteiger partial charge in [-0.05, 0) is 74.7 Å². The van der Waals surface area contributed by atoms with Crippen LogP contribution in [0.2, 0.25) is 10.0 Å². The van der Waals surface area contributed by atoms with Crippen molar-refractivity contribution < 1.29 is 14.3 Å². The van der Waals surface area contributed by atoms with Gasteiger partial charge in [0.25, 0.3) is 0 Å². The van der Waals surface area contributed by atoms with Crippen molar-refractivity contribution in [2.45, 2.75) is 56.4 Å². The predicted octanol–water partition coefficient (Wildman–Crippen LogP) is 4.98. The molecular formula is C27H37Cl2N3O3. The van der Waals surface area contributed by atoms with Gasteiger partial charge in [-0.2, -0.15) is 0 Å². The zero-order valence-electron chi connectivity index (χ0n) is 20.6. The lowest BCUT2D eigenvalue weighted by molar-refractivity contribution is -0.135. The molecule has 1 aromatic carbocycles. The van der Waals surface area contributed by atoms with E-state index in [2.05, 4.69) is 10.2 Å². The van der Waals surface area contributed by atoms with E-state index >= 15 is 0 Å². The van der Waals surface area contributed by atoms with Crippen LogP contribution in [0, 0.1) is 17.8 Å². The molecule has 0 unspecified atom stereocenters. The van der Waals surface area contributed by atoms with E-state index in [1.807, 2.05) is 12.1 Å². The van der Waals surface area contributed by atoms with Crippen LogP contribution in [0.15, 0.2) is 18.2 Å². The first-order chi connectivity index (χ1) is 16.9. The zero-order valence-corrected chi connectivity index (χ0v) is 22.1. The minimum atomic E-state index is -1.02. The molecule has 4 aliphatic rings. The molecule has 1 aromatic rings. The lowest BCUT2D eigenvalue weighted by Gasteiger charge is -2.44. The minimum Gasteiger partial charge on any atom is -0.449 e. The SMILES string of the molecule is CN(C(=O)OCCC1CC1)[C@]1(C(=O)C2CCN(CC3CC3)CC2)CNC[C@H]1c1ccc(Cl)c(Cl)c1. The van der Waals surface area contributed by atoms with E-state index in [-0.39, 0.29) is 17.6 Å². The maximum atomic E-state index is 14.4. The Balaban J connectivity index is 1.38. The molecule has 0 aromatic heterocycles. The van der Waals surface area contributed by atoms with Crippen molar-refractivity contribution in [1.29, 1.82) is 0 Å². The van der Waals surface area contributed by atoms with Crippen molar-refractivity contribution in [3.05, 3.63) is 33.8 Å². The molecule has 6 nitrogen and oxygen atoms in total. The van der Waals surface area contributed by atoms with Gasteiger partial charge in [0, 0.05) is 38.5 Å². The topological polar surface area (TPSA) is 61.9 Å². The number of carbonyl (C=O) groups is 2. The summed E-state index contributed by atoms with van der Waals surface area (Å²) >= 11 is 12.6. The maximum absolute atomic E-state index is 14.4. The molecule has 2 heterocycles. The number of Topliss-reactive ketones (excluding diaryl/α,β-unsaturated/α-hetero) is 1. The van der Waals surface area contributed by atoms with Crippen LogP contribution in [0.3, 0.4) is 0 Å². The fraction of sp³-hybridized carbons (Fsp3) is 0.704. The average Bonchev–Trinajstić information content (AvgIpc) is 3.80. The lowest BCUT2D eigenvalue weighted by atomic mass is 9.72. The highest BCUT2D eigenvalue weighted by Gasteiger charge is 2.56. The number of hydrogen-bond donors (Lipinski definition) is 1. The molecule has 5 rings (SSSR count). The van der Waals surface area contributed by atoms with Gasteiger partial charge in [0.05, 0.1) is 16.7 Å². The Kier molecular flexibility index (Phi) is 7.64. The Bertz CT molecular complexity index is 944. The molecule has 2 saturated heterocycles. The van der Waals surface area contributed by atoms with E-state index in [1.165, 1.54) is 25.7 Å². The number of halogens is 2. The van der Waals surface area contributed by atoms with E-state index in [9.17, 15) is 9.59 Å². The third kappa shape index (κ3) is 5.51. The summed E-state index contributed by atoms with van der Waals surface area (Å²) in [6.45, 7) is 4.46. The minimum absolute atomic E-state index is 0.0719. The second-order valence-corrected chi connectivity index (χ2v) is 11.9. The summed E-state index contributed by atoms with van der Waals surface area (Å²) in [5.41, 5.74) is -0.0986. The normalized spacial score (nSPS) is 27.7. The van der Waals surface area contributed by atoms with Crippen molar-refractivity contribution in [2.75, 3.05) is 46.4 Å². The summed E-state index contributed by atoms with van der Waals surface area (Å²) in [4.78, 5) is 31.7. The molecule has 2 atom stereocenters. The first-order valence-corrected chi connectivity index (χ1v) is 14.0. The quantitative estimate of drug-likeness (QED) is 0.496. The fourth-order valence-corrected chi connectivity index (χ4v) is 6.28. The number of likely N-dealkylation sites (tertiary alicyclic amines) is 1. The Hall–Kier alpha value is -1.34. The van der Waals surface area contributed by atoms with Crippen LogP contribution >= 0.6 is 23.2 Å². The van der Waals surface area contributed by atoms with Crippen molar-refractivity contribution in [1.82, 2.24) is 15.1 Å². The van der Waals surface area contributed by atoms with Gasteiger partial charge in [0.2, 0.25) is 0 Å². The summed E-state index contributed by atoms with van der Waals surface area (Å²) in [6.07, 6.45) is 7.28. The maximum Gasteiger partial charge on any atom is 0.410 e. The summed E-state index contributed by atoms with van der Waals surface area (Å²) in [6, 6.07) is 5.55. The third-order valence-corrected chi connectivity index (χ3v) is 9.32. The first kappa shape index (κ1) is 25.3. The average molecular weight is 523 g/mol. The summed E-state index contributed by atoms with van der Waals surface area (Å²) in [5.74, 6) is 1.38. The molecular weight excluding hydrogens is 485 g/mol. The molecule has 0 bridgehead atoms. The Morgan fingerprint density at radius 2 is 1.80 bits per heavy atom. The number of ketones is 1. The monoisotopic (exact) mass is 521 g/mol. The number of benzene rings is 1. The lowest BCUT2D eigenvalue weighted by Crippen LogP contribution is -2.62. The zero-order chi connectivity index (χ0) is 24.6. The van der Waals surface area contributed by atoms with Crippen molar-refractivity contribution in [2.24, 2.45) is 17.8 Å². The largest absolute Gasteiger partial charge is 0.449 e. The second kappa shape index (κ2) is 10.6. The molecule has 2 aliphatic heterocycles. The Labute approximate surface area is 218 Å². The molecule has 35 heavy (non-hydrogen) atoms. The highest BCUT2D eigenvalue weighted by atomic mass is 35.5.